The Balaban J connectivity index is 2.96. The van der Waals surface area contributed by atoms with Crippen LogP contribution in [0.15, 0.2) is 18.2 Å². The van der Waals surface area contributed by atoms with E-state index in [0.29, 0.717) is 0 Å². The molecule has 0 heterocycles. The monoisotopic (exact) mass is 386 g/mol. The molecule has 0 radical (unpaired) electrons. The van der Waals surface area contributed by atoms with E-state index in [1.807, 2.05) is 20.8 Å². The summed E-state index contributed by atoms with van der Waals surface area (Å²) in [6, 6.07) is 4.20. The third-order valence-electron chi connectivity index (χ3n) is 2.41. The molecule has 0 bridgehead atoms. The molecule has 0 aliphatic heterocycles. The van der Waals surface area contributed by atoms with E-state index in [4.69, 9.17) is 14.2 Å². The predicted molar refractivity (Wildman–Crippen MR) is 86.9 cm³/mol. The summed E-state index contributed by atoms with van der Waals surface area (Å²) in [6.45, 7) is 6.97. The van der Waals surface area contributed by atoms with Gasteiger partial charge in [-0.25, -0.2) is 0 Å². The molecule has 0 atom stereocenters. The van der Waals surface area contributed by atoms with Crippen molar-refractivity contribution in [3.8, 4) is 17.2 Å². The van der Waals surface area contributed by atoms with Crippen LogP contribution in [-0.4, -0.2) is 23.2 Å². The van der Waals surface area contributed by atoms with Crippen molar-refractivity contribution in [1.29, 1.82) is 0 Å². The number of halogens is 1. The maximum absolute atomic E-state index is 11.8. The molecular formula is C16H19BrO6. The van der Waals surface area contributed by atoms with Gasteiger partial charge in [-0.3, -0.25) is 14.4 Å². The zero-order chi connectivity index (χ0) is 17.6. The third-order valence-corrected chi connectivity index (χ3v) is 2.87. The van der Waals surface area contributed by atoms with Gasteiger partial charge in [-0.2, -0.15) is 0 Å². The minimum absolute atomic E-state index is 0.00513. The van der Waals surface area contributed by atoms with E-state index < -0.39 is 17.9 Å². The molecule has 0 saturated heterocycles. The van der Waals surface area contributed by atoms with Crippen LogP contribution in [0.1, 0.15) is 34.1 Å². The predicted octanol–water partition coefficient (Wildman–Crippen LogP) is 3.25. The van der Waals surface area contributed by atoms with Gasteiger partial charge in [0.25, 0.3) is 0 Å². The molecule has 1 aromatic rings. The van der Waals surface area contributed by atoms with Crippen molar-refractivity contribution >= 4 is 33.8 Å². The average Bonchev–Trinajstić information content (AvgIpc) is 2.38. The number of carbonyl (C=O) groups is 3. The molecule has 0 fully saturated rings. The van der Waals surface area contributed by atoms with Crippen LogP contribution in [0, 0.1) is 5.41 Å². The highest BCUT2D eigenvalue weighted by molar-refractivity contribution is 9.09. The molecule has 126 valence electrons. The van der Waals surface area contributed by atoms with Gasteiger partial charge >= 0.3 is 17.9 Å². The first-order chi connectivity index (χ1) is 10.6. The van der Waals surface area contributed by atoms with Crippen LogP contribution >= 0.6 is 15.9 Å². The summed E-state index contributed by atoms with van der Waals surface area (Å²) in [4.78, 5) is 34.4. The van der Waals surface area contributed by atoms with Crippen LogP contribution in [0.3, 0.4) is 0 Å². The van der Waals surface area contributed by atoms with E-state index in [9.17, 15) is 14.4 Å². The summed E-state index contributed by atoms with van der Waals surface area (Å²) in [5, 5.41) is -0.00513. The smallest absolute Gasteiger partial charge is 0.322 e. The van der Waals surface area contributed by atoms with E-state index in [-0.39, 0.29) is 34.4 Å². The van der Waals surface area contributed by atoms with Gasteiger partial charge in [-0.05, 0) is 17.5 Å². The standard InChI is InChI=1S/C16H19BrO6/c1-10(18)21-13-7-11(22-14(19)8-16(2,3)4)5-6-12(13)23-15(20)9-17/h5-7H,8-9H2,1-4H3. The number of ether oxygens (including phenoxy) is 3. The lowest BCUT2D eigenvalue weighted by atomic mass is 9.92. The summed E-state index contributed by atoms with van der Waals surface area (Å²) in [7, 11) is 0. The Morgan fingerprint density at radius 2 is 1.65 bits per heavy atom. The quantitative estimate of drug-likeness (QED) is 0.439. The van der Waals surface area contributed by atoms with E-state index in [1.165, 1.54) is 25.1 Å². The topological polar surface area (TPSA) is 78.9 Å². The summed E-state index contributed by atoms with van der Waals surface area (Å²) in [6.07, 6.45) is 0.232. The summed E-state index contributed by atoms with van der Waals surface area (Å²) < 4.78 is 15.2. The molecule has 0 saturated carbocycles. The zero-order valence-electron chi connectivity index (χ0n) is 13.5. The molecule has 0 unspecified atom stereocenters. The number of hydrogen-bond donors (Lipinski definition) is 0. The Hall–Kier alpha value is -1.89. The minimum atomic E-state index is -0.584. The van der Waals surface area contributed by atoms with E-state index in [1.54, 1.807) is 0 Å². The van der Waals surface area contributed by atoms with Crippen molar-refractivity contribution < 1.29 is 28.6 Å². The molecule has 0 aliphatic rings. The van der Waals surface area contributed by atoms with Crippen LogP contribution in [0.5, 0.6) is 17.2 Å². The van der Waals surface area contributed by atoms with Crippen LogP contribution in [0.4, 0.5) is 0 Å². The van der Waals surface area contributed by atoms with Crippen LogP contribution in [0.25, 0.3) is 0 Å². The van der Waals surface area contributed by atoms with E-state index >= 15 is 0 Å². The van der Waals surface area contributed by atoms with Gasteiger partial charge in [0.1, 0.15) is 11.1 Å². The van der Waals surface area contributed by atoms with Gasteiger partial charge in [-0.1, -0.05) is 36.7 Å². The molecule has 23 heavy (non-hydrogen) atoms. The number of esters is 3. The lowest BCUT2D eigenvalue weighted by molar-refractivity contribution is -0.136. The number of carbonyl (C=O) groups excluding carboxylic acids is 3. The van der Waals surface area contributed by atoms with Crippen molar-refractivity contribution in [3.63, 3.8) is 0 Å². The first-order valence-corrected chi connectivity index (χ1v) is 8.02. The van der Waals surface area contributed by atoms with Gasteiger partial charge in [0.2, 0.25) is 0 Å². The lowest BCUT2D eigenvalue weighted by Gasteiger charge is -2.17. The second-order valence-electron chi connectivity index (χ2n) is 6.02. The number of hydrogen-bond acceptors (Lipinski definition) is 6. The molecule has 0 N–H and O–H groups in total. The molecule has 0 spiro atoms. The summed E-state index contributed by atoms with van der Waals surface area (Å²) >= 11 is 2.97. The highest BCUT2D eigenvalue weighted by Gasteiger charge is 2.19. The minimum Gasteiger partial charge on any atom is -0.426 e. The molecule has 0 amide bonds. The van der Waals surface area contributed by atoms with Crippen LogP contribution in [-0.2, 0) is 14.4 Å². The Bertz CT molecular complexity index is 603. The SMILES string of the molecule is CC(=O)Oc1cc(OC(=O)CC(C)(C)C)ccc1OC(=O)CBr. The van der Waals surface area contributed by atoms with Crippen molar-refractivity contribution in [2.24, 2.45) is 5.41 Å². The Labute approximate surface area is 143 Å². The highest BCUT2D eigenvalue weighted by atomic mass is 79.9. The van der Waals surface area contributed by atoms with E-state index in [2.05, 4.69) is 15.9 Å². The molecule has 0 aromatic heterocycles. The van der Waals surface area contributed by atoms with Gasteiger partial charge in [0.05, 0.1) is 6.42 Å². The van der Waals surface area contributed by atoms with Crippen LogP contribution < -0.4 is 14.2 Å². The maximum Gasteiger partial charge on any atom is 0.322 e. The number of rotatable bonds is 5. The maximum atomic E-state index is 11.8. The van der Waals surface area contributed by atoms with Crippen molar-refractivity contribution in [2.75, 3.05) is 5.33 Å². The Morgan fingerprint density at radius 3 is 2.17 bits per heavy atom. The molecular weight excluding hydrogens is 368 g/mol. The first kappa shape index (κ1) is 19.2. The zero-order valence-corrected chi connectivity index (χ0v) is 15.1. The second-order valence-corrected chi connectivity index (χ2v) is 6.58. The van der Waals surface area contributed by atoms with Crippen molar-refractivity contribution in [2.45, 2.75) is 34.1 Å². The molecule has 7 heteroatoms. The van der Waals surface area contributed by atoms with Crippen LogP contribution in [0.2, 0.25) is 0 Å². The fourth-order valence-electron chi connectivity index (χ4n) is 1.62. The molecule has 1 aromatic carbocycles. The molecule has 1 rings (SSSR count). The Morgan fingerprint density at radius 1 is 1.00 bits per heavy atom. The highest BCUT2D eigenvalue weighted by Crippen LogP contribution is 2.32. The Kier molecular flexibility index (Phi) is 6.75. The van der Waals surface area contributed by atoms with Gasteiger partial charge in [0.15, 0.2) is 11.5 Å². The lowest BCUT2D eigenvalue weighted by Crippen LogP contribution is -2.17. The first-order valence-electron chi connectivity index (χ1n) is 6.90. The van der Waals surface area contributed by atoms with E-state index in [0.717, 1.165) is 0 Å². The second kappa shape index (κ2) is 8.10. The summed E-state index contributed by atoms with van der Waals surface area (Å²) in [5.74, 6) is -1.26. The van der Waals surface area contributed by atoms with Crippen molar-refractivity contribution in [1.82, 2.24) is 0 Å². The third kappa shape index (κ3) is 7.27. The number of alkyl halides is 1. The average molecular weight is 387 g/mol. The molecule has 0 aliphatic carbocycles. The van der Waals surface area contributed by atoms with Gasteiger partial charge < -0.3 is 14.2 Å². The largest absolute Gasteiger partial charge is 0.426 e. The van der Waals surface area contributed by atoms with Gasteiger partial charge in [0, 0.05) is 13.0 Å². The van der Waals surface area contributed by atoms with Crippen molar-refractivity contribution in [3.05, 3.63) is 18.2 Å². The van der Waals surface area contributed by atoms with Gasteiger partial charge in [-0.15, -0.1) is 0 Å². The summed E-state index contributed by atoms with van der Waals surface area (Å²) in [5.41, 5.74) is -0.207. The number of benzene rings is 1. The normalized spacial score (nSPS) is 10.8. The fourth-order valence-corrected chi connectivity index (χ4v) is 1.74. The molecule has 6 nitrogen and oxygen atoms in total. The fraction of sp³-hybridized carbons (Fsp3) is 0.438.